The highest BCUT2D eigenvalue weighted by Crippen LogP contribution is 2.37. The van der Waals surface area contributed by atoms with Crippen LogP contribution < -0.4 is 10.5 Å². The summed E-state index contributed by atoms with van der Waals surface area (Å²) in [7, 11) is 0. The minimum atomic E-state index is -1.60. The molecule has 10 heteroatoms. The summed E-state index contributed by atoms with van der Waals surface area (Å²) in [6.07, 6.45) is 2.69. The second-order valence-corrected chi connectivity index (χ2v) is 6.70. The van der Waals surface area contributed by atoms with E-state index >= 15 is 0 Å². The minimum Gasteiger partial charge on any atom is -0.480 e. The lowest BCUT2D eigenvalue weighted by Gasteiger charge is -2.10. The van der Waals surface area contributed by atoms with E-state index in [1.54, 1.807) is 12.1 Å². The average molecular weight is 429 g/mol. The predicted molar refractivity (Wildman–Crippen MR) is 104 cm³/mol. The van der Waals surface area contributed by atoms with Crippen molar-refractivity contribution in [2.45, 2.75) is 6.54 Å². The molecule has 158 valence electrons. The van der Waals surface area contributed by atoms with Gasteiger partial charge in [0, 0.05) is 16.5 Å². The SMILES string of the molecule is NC(=O)c1cccc2c1c1c(OCC(=O)O)cncc1n2Cc1ccc(F)c(F)c1F. The average Bonchev–Trinajstić information content (AvgIpc) is 3.06. The van der Waals surface area contributed by atoms with Gasteiger partial charge in [0.25, 0.3) is 0 Å². The first-order valence-corrected chi connectivity index (χ1v) is 8.95. The largest absolute Gasteiger partial charge is 0.480 e. The van der Waals surface area contributed by atoms with Crippen molar-refractivity contribution in [1.82, 2.24) is 9.55 Å². The fraction of sp³-hybridized carbons (Fsp3) is 0.0952. The number of carboxylic acids is 1. The van der Waals surface area contributed by atoms with Gasteiger partial charge in [0.05, 0.1) is 35.4 Å². The highest BCUT2D eigenvalue weighted by molar-refractivity contribution is 6.19. The van der Waals surface area contributed by atoms with E-state index < -0.39 is 35.9 Å². The van der Waals surface area contributed by atoms with Crippen molar-refractivity contribution >= 4 is 33.7 Å². The number of halogens is 3. The van der Waals surface area contributed by atoms with Crippen LogP contribution in [0.4, 0.5) is 13.2 Å². The molecule has 2 heterocycles. The number of amides is 1. The van der Waals surface area contributed by atoms with Crippen LogP contribution in [0.2, 0.25) is 0 Å². The van der Waals surface area contributed by atoms with E-state index in [0.717, 1.165) is 12.1 Å². The molecule has 0 radical (unpaired) electrons. The number of carbonyl (C=O) groups excluding carboxylic acids is 1. The summed E-state index contributed by atoms with van der Waals surface area (Å²) < 4.78 is 48.3. The third-order valence-corrected chi connectivity index (χ3v) is 4.83. The van der Waals surface area contributed by atoms with Gasteiger partial charge in [-0.25, -0.2) is 18.0 Å². The Bertz CT molecular complexity index is 1370. The number of pyridine rings is 1. The van der Waals surface area contributed by atoms with Gasteiger partial charge in [-0.05, 0) is 18.2 Å². The molecule has 0 saturated carbocycles. The predicted octanol–water partition coefficient (Wildman–Crippen LogP) is 3.22. The summed E-state index contributed by atoms with van der Waals surface area (Å²) in [6, 6.07) is 6.59. The smallest absolute Gasteiger partial charge is 0.341 e. The lowest BCUT2D eigenvalue weighted by atomic mass is 10.1. The highest BCUT2D eigenvalue weighted by atomic mass is 19.2. The van der Waals surface area contributed by atoms with Gasteiger partial charge in [-0.15, -0.1) is 0 Å². The molecule has 0 unspecified atom stereocenters. The first-order valence-electron chi connectivity index (χ1n) is 8.95. The Labute approximate surface area is 172 Å². The Hall–Kier alpha value is -4.08. The van der Waals surface area contributed by atoms with Crippen LogP contribution in [0, 0.1) is 17.5 Å². The Morgan fingerprint density at radius 1 is 1.03 bits per heavy atom. The van der Waals surface area contributed by atoms with Crippen LogP contribution in [0.25, 0.3) is 21.8 Å². The van der Waals surface area contributed by atoms with Crippen LogP contribution in [0.15, 0.2) is 42.7 Å². The molecule has 0 aliphatic carbocycles. The number of benzene rings is 2. The van der Waals surface area contributed by atoms with Crippen molar-refractivity contribution in [3.63, 3.8) is 0 Å². The number of aliphatic carboxylic acids is 1. The minimum absolute atomic E-state index is 0.0723. The number of ether oxygens (including phenoxy) is 1. The number of hydrogen-bond acceptors (Lipinski definition) is 4. The molecule has 4 aromatic rings. The number of carboxylic acid groups (broad SMARTS) is 1. The van der Waals surface area contributed by atoms with Crippen LogP contribution in [-0.2, 0) is 11.3 Å². The molecule has 0 aliphatic heterocycles. The molecule has 4 rings (SSSR count). The topological polar surface area (TPSA) is 107 Å². The monoisotopic (exact) mass is 429 g/mol. The number of nitrogens with two attached hydrogens (primary N) is 1. The molecular weight excluding hydrogens is 415 g/mol. The van der Waals surface area contributed by atoms with Gasteiger partial charge in [0.1, 0.15) is 5.75 Å². The molecule has 7 nitrogen and oxygen atoms in total. The van der Waals surface area contributed by atoms with Crippen molar-refractivity contribution in [1.29, 1.82) is 0 Å². The molecule has 31 heavy (non-hydrogen) atoms. The molecule has 2 aromatic heterocycles. The van der Waals surface area contributed by atoms with Crippen molar-refractivity contribution in [3.05, 3.63) is 71.3 Å². The fourth-order valence-corrected chi connectivity index (χ4v) is 3.53. The summed E-state index contributed by atoms with van der Waals surface area (Å²) in [5.41, 5.74) is 6.28. The number of primary amides is 1. The number of fused-ring (bicyclic) bond motifs is 3. The molecular formula is C21H14F3N3O4. The van der Waals surface area contributed by atoms with Crippen LogP contribution >= 0.6 is 0 Å². The molecule has 0 atom stereocenters. The van der Waals surface area contributed by atoms with Crippen LogP contribution in [0.5, 0.6) is 5.75 Å². The molecule has 0 bridgehead atoms. The van der Waals surface area contributed by atoms with Gasteiger partial charge in [-0.1, -0.05) is 12.1 Å². The molecule has 0 aliphatic rings. The van der Waals surface area contributed by atoms with Gasteiger partial charge >= 0.3 is 5.97 Å². The Morgan fingerprint density at radius 2 is 1.81 bits per heavy atom. The number of aromatic nitrogens is 2. The quantitative estimate of drug-likeness (QED) is 0.458. The van der Waals surface area contributed by atoms with Crippen molar-refractivity contribution in [2.75, 3.05) is 6.61 Å². The second kappa shape index (κ2) is 7.63. The first-order chi connectivity index (χ1) is 14.8. The van der Waals surface area contributed by atoms with Gasteiger partial charge in [-0.2, -0.15) is 0 Å². The Morgan fingerprint density at radius 3 is 2.52 bits per heavy atom. The standard InChI is InChI=1S/C21H14F3N3O4/c22-12-5-4-10(19(23)20(12)24)8-27-13-3-1-2-11(21(25)30)17(13)18-14(27)6-26-7-15(18)31-9-16(28)29/h1-7H,8-9H2,(H2,25,30)(H,28,29). The van der Waals surface area contributed by atoms with E-state index in [1.165, 1.54) is 23.0 Å². The van der Waals surface area contributed by atoms with E-state index in [-0.39, 0.29) is 23.4 Å². The summed E-state index contributed by atoms with van der Waals surface area (Å²) in [6.45, 7) is -0.890. The highest BCUT2D eigenvalue weighted by Gasteiger charge is 2.22. The summed E-state index contributed by atoms with van der Waals surface area (Å²) in [5, 5.41) is 9.63. The van der Waals surface area contributed by atoms with Gasteiger partial charge < -0.3 is 20.1 Å². The number of rotatable bonds is 6. The van der Waals surface area contributed by atoms with E-state index in [2.05, 4.69) is 4.98 Å². The van der Waals surface area contributed by atoms with E-state index in [1.807, 2.05) is 0 Å². The Kier molecular flexibility index (Phi) is 4.97. The second-order valence-electron chi connectivity index (χ2n) is 6.70. The molecule has 2 aromatic carbocycles. The van der Waals surface area contributed by atoms with Crippen LogP contribution in [-0.4, -0.2) is 33.1 Å². The number of nitrogens with zero attached hydrogens (tertiary/aromatic N) is 2. The zero-order valence-electron chi connectivity index (χ0n) is 15.7. The summed E-state index contributed by atoms with van der Waals surface area (Å²) in [5.74, 6) is -6.15. The third-order valence-electron chi connectivity index (χ3n) is 4.83. The fourth-order valence-electron chi connectivity index (χ4n) is 3.53. The normalized spacial score (nSPS) is 11.2. The number of hydrogen-bond donors (Lipinski definition) is 2. The lowest BCUT2D eigenvalue weighted by molar-refractivity contribution is -0.139. The lowest BCUT2D eigenvalue weighted by Crippen LogP contribution is -2.11. The van der Waals surface area contributed by atoms with Gasteiger partial charge in [-0.3, -0.25) is 9.78 Å². The van der Waals surface area contributed by atoms with Gasteiger partial charge in [0.15, 0.2) is 24.1 Å². The molecule has 0 fully saturated rings. The maximum absolute atomic E-state index is 14.3. The molecule has 0 spiro atoms. The van der Waals surface area contributed by atoms with E-state index in [9.17, 15) is 22.8 Å². The molecule has 1 amide bonds. The van der Waals surface area contributed by atoms with E-state index in [4.69, 9.17) is 15.6 Å². The number of carbonyl (C=O) groups is 2. The molecule has 0 saturated heterocycles. The van der Waals surface area contributed by atoms with Crippen molar-refractivity contribution in [3.8, 4) is 5.75 Å². The molecule has 3 N–H and O–H groups in total. The maximum atomic E-state index is 14.3. The van der Waals surface area contributed by atoms with Crippen LogP contribution in [0.3, 0.4) is 0 Å². The summed E-state index contributed by atoms with van der Waals surface area (Å²) in [4.78, 5) is 27.0. The zero-order chi connectivity index (χ0) is 22.3. The maximum Gasteiger partial charge on any atom is 0.341 e. The first kappa shape index (κ1) is 20.2. The van der Waals surface area contributed by atoms with Crippen molar-refractivity contribution < 1.29 is 32.6 Å². The van der Waals surface area contributed by atoms with Crippen LogP contribution in [0.1, 0.15) is 15.9 Å². The Balaban J connectivity index is 2.02. The van der Waals surface area contributed by atoms with Gasteiger partial charge in [0.2, 0.25) is 5.91 Å². The van der Waals surface area contributed by atoms with E-state index in [0.29, 0.717) is 21.8 Å². The summed E-state index contributed by atoms with van der Waals surface area (Å²) >= 11 is 0. The third kappa shape index (κ3) is 3.41. The zero-order valence-corrected chi connectivity index (χ0v) is 15.7. The van der Waals surface area contributed by atoms with Crippen molar-refractivity contribution in [2.24, 2.45) is 5.73 Å².